The Kier molecular flexibility index (Phi) is 3.85. The van der Waals surface area contributed by atoms with E-state index in [9.17, 15) is 8.42 Å². The molecule has 1 unspecified atom stereocenters. The van der Waals surface area contributed by atoms with Gasteiger partial charge in [0.25, 0.3) is 0 Å². The van der Waals surface area contributed by atoms with Crippen LogP contribution in [0, 0.1) is 0 Å². The minimum Gasteiger partial charge on any atom is -0.377 e. The Balaban J connectivity index is 2.12. The van der Waals surface area contributed by atoms with Crippen LogP contribution in [0.2, 0.25) is 0 Å². The molecule has 0 spiro atoms. The molecule has 0 aliphatic rings. The average molecular weight is 276 g/mol. The second-order valence-electron chi connectivity index (χ2n) is 4.42. The van der Waals surface area contributed by atoms with Crippen molar-refractivity contribution in [3.63, 3.8) is 0 Å². The highest BCUT2D eigenvalue weighted by molar-refractivity contribution is 7.90. The summed E-state index contributed by atoms with van der Waals surface area (Å²) in [6.07, 6.45) is 2.95. The van der Waals surface area contributed by atoms with Crippen molar-refractivity contribution in [3.8, 4) is 0 Å². The van der Waals surface area contributed by atoms with Gasteiger partial charge >= 0.3 is 0 Å². The van der Waals surface area contributed by atoms with Gasteiger partial charge in [-0.05, 0) is 43.3 Å². The van der Waals surface area contributed by atoms with Crippen LogP contribution in [-0.2, 0) is 9.84 Å². The van der Waals surface area contributed by atoms with Gasteiger partial charge in [0.15, 0.2) is 9.84 Å². The fourth-order valence-corrected chi connectivity index (χ4v) is 2.38. The van der Waals surface area contributed by atoms with Crippen LogP contribution in [0.3, 0.4) is 0 Å². The van der Waals surface area contributed by atoms with Crippen molar-refractivity contribution in [1.82, 2.24) is 4.98 Å². The van der Waals surface area contributed by atoms with E-state index in [1.165, 1.54) is 6.26 Å². The molecule has 19 heavy (non-hydrogen) atoms. The van der Waals surface area contributed by atoms with Gasteiger partial charge in [0.1, 0.15) is 0 Å². The predicted octanol–water partition coefficient (Wildman–Crippen LogP) is 2.66. The highest BCUT2D eigenvalue weighted by atomic mass is 32.2. The normalized spacial score (nSPS) is 12.9. The topological polar surface area (TPSA) is 59.1 Å². The van der Waals surface area contributed by atoms with Gasteiger partial charge in [-0.2, -0.15) is 0 Å². The van der Waals surface area contributed by atoms with Crippen LogP contribution in [0.5, 0.6) is 0 Å². The summed E-state index contributed by atoms with van der Waals surface area (Å²) < 4.78 is 22.7. The maximum Gasteiger partial charge on any atom is 0.175 e. The minimum atomic E-state index is -3.14. The maximum absolute atomic E-state index is 11.4. The Morgan fingerprint density at radius 3 is 2.32 bits per heavy atom. The molecule has 2 aromatic rings. The Bertz CT molecular complexity index is 637. The predicted molar refractivity (Wildman–Crippen MR) is 75.8 cm³/mol. The molecular weight excluding hydrogens is 260 g/mol. The van der Waals surface area contributed by atoms with Crippen LogP contribution in [0.4, 0.5) is 5.69 Å². The molecule has 0 saturated heterocycles. The third-order valence-electron chi connectivity index (χ3n) is 2.80. The van der Waals surface area contributed by atoms with Crippen molar-refractivity contribution < 1.29 is 8.42 Å². The summed E-state index contributed by atoms with van der Waals surface area (Å²) in [5.41, 5.74) is 1.81. The van der Waals surface area contributed by atoms with Crippen LogP contribution < -0.4 is 5.32 Å². The molecule has 1 aromatic carbocycles. The first-order valence-corrected chi connectivity index (χ1v) is 7.83. The van der Waals surface area contributed by atoms with Crippen LogP contribution >= 0.6 is 0 Å². The summed E-state index contributed by atoms with van der Waals surface area (Å²) in [5, 5.41) is 3.28. The summed E-state index contributed by atoms with van der Waals surface area (Å²) in [5.74, 6) is 0. The van der Waals surface area contributed by atoms with Gasteiger partial charge < -0.3 is 5.32 Å². The number of nitrogens with one attached hydrogen (secondary N) is 1. The van der Waals surface area contributed by atoms with Crippen molar-refractivity contribution in [2.45, 2.75) is 17.9 Å². The first kappa shape index (κ1) is 13.5. The number of aromatic nitrogens is 1. The lowest BCUT2D eigenvalue weighted by molar-refractivity contribution is 0.602. The Morgan fingerprint density at radius 1 is 1.11 bits per heavy atom. The number of nitrogens with zero attached hydrogens (tertiary/aromatic N) is 1. The number of anilines is 1. The van der Waals surface area contributed by atoms with E-state index in [1.54, 1.807) is 30.5 Å². The number of benzene rings is 1. The summed E-state index contributed by atoms with van der Waals surface area (Å²) in [6, 6.07) is 12.5. The minimum absolute atomic E-state index is 0.0604. The van der Waals surface area contributed by atoms with Gasteiger partial charge in [0.05, 0.1) is 16.6 Å². The maximum atomic E-state index is 11.4. The lowest BCUT2D eigenvalue weighted by Crippen LogP contribution is -2.08. The van der Waals surface area contributed by atoms with E-state index in [1.807, 2.05) is 25.1 Å². The number of sulfone groups is 1. The molecule has 0 aliphatic carbocycles. The van der Waals surface area contributed by atoms with Crippen molar-refractivity contribution in [2.75, 3.05) is 11.6 Å². The van der Waals surface area contributed by atoms with Gasteiger partial charge in [-0.15, -0.1) is 0 Å². The largest absolute Gasteiger partial charge is 0.377 e. The molecule has 0 radical (unpaired) electrons. The third-order valence-corrected chi connectivity index (χ3v) is 3.93. The first-order valence-electron chi connectivity index (χ1n) is 5.94. The molecule has 100 valence electrons. The van der Waals surface area contributed by atoms with Crippen LogP contribution in [0.1, 0.15) is 18.7 Å². The molecule has 1 N–H and O–H groups in total. The average Bonchev–Trinajstić information content (AvgIpc) is 2.39. The van der Waals surface area contributed by atoms with E-state index in [4.69, 9.17) is 0 Å². The second-order valence-corrected chi connectivity index (χ2v) is 6.43. The Hall–Kier alpha value is -1.88. The molecule has 0 amide bonds. The first-order chi connectivity index (χ1) is 8.97. The molecule has 4 nitrogen and oxygen atoms in total. The van der Waals surface area contributed by atoms with Gasteiger partial charge in [-0.3, -0.25) is 4.98 Å². The lowest BCUT2D eigenvalue weighted by Gasteiger charge is -2.14. The van der Waals surface area contributed by atoms with E-state index in [-0.39, 0.29) is 6.04 Å². The van der Waals surface area contributed by atoms with Gasteiger partial charge in [0.2, 0.25) is 0 Å². The monoisotopic (exact) mass is 276 g/mol. The zero-order valence-electron chi connectivity index (χ0n) is 10.9. The fourth-order valence-electron chi connectivity index (χ4n) is 1.75. The lowest BCUT2D eigenvalue weighted by atomic mass is 10.2. The van der Waals surface area contributed by atoms with Gasteiger partial charge in [0, 0.05) is 18.1 Å². The molecule has 5 heteroatoms. The van der Waals surface area contributed by atoms with Gasteiger partial charge in [-0.25, -0.2) is 8.42 Å². The van der Waals surface area contributed by atoms with Crippen LogP contribution in [0.25, 0.3) is 0 Å². The fraction of sp³-hybridized carbons (Fsp3) is 0.214. The molecule has 0 fully saturated rings. The van der Waals surface area contributed by atoms with Crippen molar-refractivity contribution in [2.24, 2.45) is 0 Å². The van der Waals surface area contributed by atoms with E-state index >= 15 is 0 Å². The highest BCUT2D eigenvalue weighted by Gasteiger charge is 2.08. The van der Waals surface area contributed by atoms with Crippen molar-refractivity contribution >= 4 is 15.5 Å². The van der Waals surface area contributed by atoms with Crippen LogP contribution in [-0.4, -0.2) is 19.7 Å². The summed E-state index contributed by atoms with van der Waals surface area (Å²) in [4.78, 5) is 4.60. The molecule has 0 aliphatic heterocycles. The molecule has 1 aromatic heterocycles. The van der Waals surface area contributed by atoms with Crippen molar-refractivity contribution in [1.29, 1.82) is 0 Å². The number of pyridine rings is 1. The number of rotatable bonds is 4. The van der Waals surface area contributed by atoms with E-state index in [0.717, 1.165) is 11.4 Å². The zero-order chi connectivity index (χ0) is 13.9. The van der Waals surface area contributed by atoms with Crippen molar-refractivity contribution in [3.05, 3.63) is 54.4 Å². The molecule has 0 bridgehead atoms. The Morgan fingerprint density at radius 2 is 1.79 bits per heavy atom. The molecule has 0 saturated carbocycles. The molecule has 2 rings (SSSR count). The van der Waals surface area contributed by atoms with Crippen LogP contribution in [0.15, 0.2) is 53.6 Å². The Labute approximate surface area is 113 Å². The summed E-state index contributed by atoms with van der Waals surface area (Å²) in [7, 11) is -3.14. The number of hydrogen-bond donors (Lipinski definition) is 1. The SMILES string of the molecule is CC(Nc1ccc(S(C)(=O)=O)cc1)c1ccccn1. The highest BCUT2D eigenvalue weighted by Crippen LogP contribution is 2.19. The smallest absolute Gasteiger partial charge is 0.175 e. The third kappa shape index (κ3) is 3.54. The second kappa shape index (κ2) is 5.40. The summed E-state index contributed by atoms with van der Waals surface area (Å²) in [6.45, 7) is 2.01. The standard InChI is InChI=1S/C14H16N2O2S/c1-11(14-5-3-4-10-15-14)16-12-6-8-13(9-7-12)19(2,17)18/h3-11,16H,1-2H3. The quantitative estimate of drug-likeness (QED) is 0.932. The van der Waals surface area contributed by atoms with E-state index in [0.29, 0.717) is 4.90 Å². The zero-order valence-corrected chi connectivity index (χ0v) is 11.7. The molecular formula is C14H16N2O2S. The molecule has 1 atom stereocenters. The van der Waals surface area contributed by atoms with E-state index in [2.05, 4.69) is 10.3 Å². The van der Waals surface area contributed by atoms with E-state index < -0.39 is 9.84 Å². The summed E-state index contributed by atoms with van der Waals surface area (Å²) >= 11 is 0. The molecule has 1 heterocycles. The van der Waals surface area contributed by atoms with Gasteiger partial charge in [-0.1, -0.05) is 6.07 Å². The number of hydrogen-bond acceptors (Lipinski definition) is 4.